The largest absolute Gasteiger partial charge is 0.313 e. The fraction of sp³-hybridized carbons (Fsp3) is 0.826. The van der Waals surface area contributed by atoms with Crippen LogP contribution in [0.5, 0.6) is 0 Å². The van der Waals surface area contributed by atoms with Gasteiger partial charge in [0.05, 0.1) is 0 Å². The van der Waals surface area contributed by atoms with Crippen molar-refractivity contribution in [2.45, 2.75) is 84.5 Å². The van der Waals surface area contributed by atoms with E-state index in [1.54, 1.807) is 16.7 Å². The number of rotatable bonds is 4. The van der Waals surface area contributed by atoms with Gasteiger partial charge < -0.3 is 10.6 Å². The van der Waals surface area contributed by atoms with Crippen LogP contribution >= 0.6 is 18.5 Å². The lowest BCUT2D eigenvalue weighted by Crippen LogP contribution is -2.56. The molecule has 2 saturated heterocycles. The van der Waals surface area contributed by atoms with Crippen molar-refractivity contribution >= 4 is 18.5 Å². The van der Waals surface area contributed by atoms with E-state index in [-0.39, 0.29) is 16.0 Å². The van der Waals surface area contributed by atoms with Gasteiger partial charge in [-0.3, -0.25) is 0 Å². The third kappa shape index (κ3) is 3.99. The first kappa shape index (κ1) is 22.0. The molecule has 5 unspecified atom stereocenters. The van der Waals surface area contributed by atoms with E-state index in [0.717, 1.165) is 19.3 Å². The summed E-state index contributed by atoms with van der Waals surface area (Å²) in [4.78, 5) is 0. The van der Waals surface area contributed by atoms with Gasteiger partial charge in [-0.2, -0.15) is 0 Å². The first-order valence-corrected chi connectivity index (χ1v) is 12.3. The van der Waals surface area contributed by atoms with Crippen LogP contribution in [0.1, 0.15) is 67.2 Å². The molecule has 27 heavy (non-hydrogen) atoms. The molecule has 2 heterocycles. The summed E-state index contributed by atoms with van der Waals surface area (Å²) in [6.45, 7) is 16.8. The molecular weight excluding hydrogens is 366 g/mol. The zero-order valence-corrected chi connectivity index (χ0v) is 20.7. The van der Waals surface area contributed by atoms with Crippen LogP contribution in [0.4, 0.5) is 0 Å². The highest BCUT2D eigenvalue weighted by Crippen LogP contribution is 2.56. The SMILES string of the molecule is CC(C)(C)C1=C(C(P)(C2CCCN2)C2CCCN2)C(CP)=CC1C(C)(C)C. The predicted molar refractivity (Wildman–Crippen MR) is 127 cm³/mol. The summed E-state index contributed by atoms with van der Waals surface area (Å²) in [7, 11) is 6.43. The maximum absolute atomic E-state index is 3.89. The molecule has 0 aromatic carbocycles. The van der Waals surface area contributed by atoms with Crippen LogP contribution < -0.4 is 10.6 Å². The fourth-order valence-corrected chi connectivity index (χ4v) is 6.93. The Morgan fingerprint density at radius 3 is 1.81 bits per heavy atom. The van der Waals surface area contributed by atoms with E-state index in [1.165, 1.54) is 25.7 Å². The van der Waals surface area contributed by atoms with Crippen LogP contribution in [-0.2, 0) is 0 Å². The third-order valence-electron chi connectivity index (χ3n) is 6.94. The molecule has 0 aromatic heterocycles. The minimum absolute atomic E-state index is 0.0814. The highest BCUT2D eigenvalue weighted by atomic mass is 31.0. The van der Waals surface area contributed by atoms with Crippen molar-refractivity contribution in [3.05, 3.63) is 22.8 Å². The molecular formula is C23H42N2P2. The van der Waals surface area contributed by atoms with Crippen molar-refractivity contribution in [3.8, 4) is 0 Å². The van der Waals surface area contributed by atoms with Crippen molar-refractivity contribution in [3.63, 3.8) is 0 Å². The summed E-state index contributed by atoms with van der Waals surface area (Å²) in [5, 5.41) is 7.87. The summed E-state index contributed by atoms with van der Waals surface area (Å²) in [6, 6.07) is 1.09. The van der Waals surface area contributed by atoms with E-state index in [9.17, 15) is 0 Å². The summed E-state index contributed by atoms with van der Waals surface area (Å²) in [5.41, 5.74) is 5.33. The highest BCUT2D eigenvalue weighted by molar-refractivity contribution is 7.20. The van der Waals surface area contributed by atoms with Crippen LogP contribution in [-0.4, -0.2) is 36.5 Å². The lowest BCUT2D eigenvalue weighted by Gasteiger charge is -2.46. The normalized spacial score (nSPS) is 32.1. The van der Waals surface area contributed by atoms with E-state index >= 15 is 0 Å². The Labute approximate surface area is 172 Å². The van der Waals surface area contributed by atoms with Gasteiger partial charge in [0.1, 0.15) is 0 Å². The van der Waals surface area contributed by atoms with Gasteiger partial charge in [0.25, 0.3) is 0 Å². The number of nitrogens with one attached hydrogen (secondary N) is 2. The molecule has 0 spiro atoms. The van der Waals surface area contributed by atoms with Crippen LogP contribution in [0, 0.1) is 16.7 Å². The summed E-state index contributed by atoms with van der Waals surface area (Å²) in [6.07, 6.45) is 8.84. The van der Waals surface area contributed by atoms with Gasteiger partial charge in [-0.1, -0.05) is 53.2 Å². The average Bonchev–Trinajstić information content (AvgIpc) is 3.32. The molecule has 154 valence electrons. The molecule has 0 aromatic rings. The van der Waals surface area contributed by atoms with Gasteiger partial charge in [0.2, 0.25) is 0 Å². The standard InChI is InChI=1S/C23H42N2P2/c1-21(2,3)16-13-15(14-26)19(20(16)22(4,5)6)23(27,17-9-7-11-24-17)18-10-8-12-25-18/h13,16-18,24-25H,7-12,14,26-27H2,1-6H3. The molecule has 3 aliphatic rings. The van der Waals surface area contributed by atoms with Gasteiger partial charge >= 0.3 is 0 Å². The van der Waals surface area contributed by atoms with Crippen molar-refractivity contribution in [2.24, 2.45) is 16.7 Å². The lowest BCUT2D eigenvalue weighted by molar-refractivity contribution is 0.285. The van der Waals surface area contributed by atoms with Crippen molar-refractivity contribution < 1.29 is 0 Å². The van der Waals surface area contributed by atoms with Gasteiger partial charge in [-0.05, 0) is 66.9 Å². The monoisotopic (exact) mass is 408 g/mol. The van der Waals surface area contributed by atoms with E-state index in [0.29, 0.717) is 18.0 Å². The maximum Gasteiger partial charge on any atom is 0.0404 e. The highest BCUT2D eigenvalue weighted by Gasteiger charge is 2.52. The lowest BCUT2D eigenvalue weighted by atomic mass is 9.66. The topological polar surface area (TPSA) is 24.1 Å². The number of hydrogen-bond acceptors (Lipinski definition) is 2. The minimum Gasteiger partial charge on any atom is -0.313 e. The Bertz CT molecular complexity index is 593. The molecule has 0 amide bonds. The summed E-state index contributed by atoms with van der Waals surface area (Å²) >= 11 is 0. The zero-order valence-electron chi connectivity index (χ0n) is 18.4. The molecule has 1 aliphatic carbocycles. The second-order valence-electron chi connectivity index (χ2n) is 11.0. The van der Waals surface area contributed by atoms with Crippen molar-refractivity contribution in [1.29, 1.82) is 0 Å². The van der Waals surface area contributed by atoms with Gasteiger partial charge in [-0.15, -0.1) is 18.5 Å². The molecule has 2 aliphatic heterocycles. The Morgan fingerprint density at radius 2 is 1.48 bits per heavy atom. The first-order valence-electron chi connectivity index (χ1n) is 10.9. The Kier molecular flexibility index (Phi) is 6.37. The predicted octanol–water partition coefficient (Wildman–Crippen LogP) is 4.92. The van der Waals surface area contributed by atoms with Gasteiger partial charge in [-0.25, -0.2) is 0 Å². The fourth-order valence-electron chi connectivity index (χ4n) is 5.68. The van der Waals surface area contributed by atoms with Crippen LogP contribution in [0.25, 0.3) is 0 Å². The second kappa shape index (κ2) is 7.83. The smallest absolute Gasteiger partial charge is 0.0404 e. The van der Waals surface area contributed by atoms with E-state index < -0.39 is 0 Å². The van der Waals surface area contributed by atoms with Gasteiger partial charge in [0, 0.05) is 23.2 Å². The molecule has 0 saturated carbocycles. The second-order valence-corrected chi connectivity index (χ2v) is 12.4. The molecule has 3 rings (SSSR count). The number of allylic oxidation sites excluding steroid dienone is 3. The van der Waals surface area contributed by atoms with Crippen LogP contribution in [0.2, 0.25) is 0 Å². The molecule has 0 radical (unpaired) electrons. The quantitative estimate of drug-likeness (QED) is 0.645. The number of hydrogen-bond donors (Lipinski definition) is 2. The average molecular weight is 409 g/mol. The maximum atomic E-state index is 3.89. The molecule has 5 atom stereocenters. The van der Waals surface area contributed by atoms with Crippen molar-refractivity contribution in [1.82, 2.24) is 10.6 Å². The zero-order chi connectivity index (χ0) is 20.0. The molecule has 4 heteroatoms. The molecule has 0 bridgehead atoms. The molecule has 2 nitrogen and oxygen atoms in total. The third-order valence-corrected chi connectivity index (χ3v) is 8.47. The van der Waals surface area contributed by atoms with Crippen LogP contribution in [0.15, 0.2) is 22.8 Å². The summed E-state index contributed by atoms with van der Waals surface area (Å²) < 4.78 is 0. The van der Waals surface area contributed by atoms with Crippen LogP contribution in [0.3, 0.4) is 0 Å². The van der Waals surface area contributed by atoms with E-state index in [1.807, 2.05) is 0 Å². The Morgan fingerprint density at radius 1 is 0.963 bits per heavy atom. The Balaban J connectivity index is 2.23. The molecule has 2 N–H and O–H groups in total. The van der Waals surface area contributed by atoms with E-state index in [2.05, 4.69) is 76.7 Å². The Hall–Kier alpha value is 0.260. The first-order chi connectivity index (χ1) is 12.5. The van der Waals surface area contributed by atoms with Crippen molar-refractivity contribution in [2.75, 3.05) is 19.3 Å². The van der Waals surface area contributed by atoms with Gasteiger partial charge in [0.15, 0.2) is 0 Å². The molecule has 2 fully saturated rings. The summed E-state index contributed by atoms with van der Waals surface area (Å²) in [5.74, 6) is 0.519. The minimum atomic E-state index is 0.0814. The van der Waals surface area contributed by atoms with E-state index in [4.69, 9.17) is 0 Å².